The van der Waals surface area contributed by atoms with E-state index in [9.17, 15) is 9.90 Å². The maximum absolute atomic E-state index is 12.6. The van der Waals surface area contributed by atoms with E-state index in [4.69, 9.17) is 4.42 Å². The third-order valence-electron chi connectivity index (χ3n) is 4.44. The average Bonchev–Trinajstić information content (AvgIpc) is 2.59. The van der Waals surface area contributed by atoms with Crippen LogP contribution in [0.1, 0.15) is 62.5 Å². The molecule has 1 N–H and O–H groups in total. The van der Waals surface area contributed by atoms with Gasteiger partial charge >= 0.3 is 5.63 Å². The fraction of sp³-hybridized carbons (Fsp3) is 0.476. The molecule has 1 unspecified atom stereocenters. The van der Waals surface area contributed by atoms with Crippen molar-refractivity contribution in [1.29, 1.82) is 0 Å². The lowest BCUT2D eigenvalue weighted by Crippen LogP contribution is -2.34. The second-order valence-electron chi connectivity index (χ2n) is 6.50. The standard InChI is InChI=1S/C21H29NO3/c1-4-6-13-22(14-7-5-2)20(17-11-9-8-10-12-17)19-18(23)15-16(3)25-21(19)24/h8-12,15,20,23H,4-7,13-14H2,1-3H3. The molecule has 0 bridgehead atoms. The first-order chi connectivity index (χ1) is 12.1. The van der Waals surface area contributed by atoms with Crippen molar-refractivity contribution >= 4 is 0 Å². The summed E-state index contributed by atoms with van der Waals surface area (Å²) >= 11 is 0. The number of hydrogen-bond donors (Lipinski definition) is 1. The molecule has 1 atom stereocenters. The van der Waals surface area contributed by atoms with Crippen LogP contribution >= 0.6 is 0 Å². The van der Waals surface area contributed by atoms with Crippen LogP contribution in [0.5, 0.6) is 5.75 Å². The Morgan fingerprint density at radius 2 is 1.68 bits per heavy atom. The Bertz CT molecular complexity index is 701. The van der Waals surface area contributed by atoms with Crippen LogP contribution in [-0.2, 0) is 0 Å². The van der Waals surface area contributed by atoms with Crippen molar-refractivity contribution in [2.45, 2.75) is 52.5 Å². The minimum atomic E-state index is -0.454. The van der Waals surface area contributed by atoms with Crippen molar-refractivity contribution in [3.05, 3.63) is 63.7 Å². The van der Waals surface area contributed by atoms with Gasteiger partial charge in [0.2, 0.25) is 0 Å². The highest BCUT2D eigenvalue weighted by Crippen LogP contribution is 2.33. The summed E-state index contributed by atoms with van der Waals surface area (Å²) in [6.45, 7) is 7.75. The van der Waals surface area contributed by atoms with Crippen molar-refractivity contribution < 1.29 is 9.52 Å². The van der Waals surface area contributed by atoms with Gasteiger partial charge in [-0.15, -0.1) is 0 Å². The molecule has 0 saturated carbocycles. The van der Waals surface area contributed by atoms with Gasteiger partial charge in [0.25, 0.3) is 0 Å². The van der Waals surface area contributed by atoms with Gasteiger partial charge in [-0.3, -0.25) is 4.90 Å². The normalized spacial score (nSPS) is 12.5. The highest BCUT2D eigenvalue weighted by molar-refractivity contribution is 5.39. The van der Waals surface area contributed by atoms with E-state index < -0.39 is 5.63 Å². The van der Waals surface area contributed by atoms with Crippen molar-refractivity contribution in [3.63, 3.8) is 0 Å². The minimum Gasteiger partial charge on any atom is -0.507 e. The van der Waals surface area contributed by atoms with Crippen LogP contribution < -0.4 is 5.63 Å². The number of nitrogens with zero attached hydrogens (tertiary/aromatic N) is 1. The first-order valence-corrected chi connectivity index (χ1v) is 9.21. The molecule has 0 fully saturated rings. The average molecular weight is 343 g/mol. The minimum absolute atomic E-state index is 0.0144. The van der Waals surface area contributed by atoms with Crippen LogP contribution in [0.25, 0.3) is 0 Å². The zero-order chi connectivity index (χ0) is 18.2. The molecule has 1 heterocycles. The van der Waals surface area contributed by atoms with Gasteiger partial charge in [-0.1, -0.05) is 57.0 Å². The molecule has 0 radical (unpaired) electrons. The van der Waals surface area contributed by atoms with E-state index >= 15 is 0 Å². The third kappa shape index (κ3) is 4.95. The molecule has 1 aromatic carbocycles. The van der Waals surface area contributed by atoms with Gasteiger partial charge in [-0.05, 0) is 38.4 Å². The van der Waals surface area contributed by atoms with Crippen molar-refractivity contribution in [3.8, 4) is 5.75 Å². The molecule has 0 aliphatic carbocycles. The number of hydrogen-bond acceptors (Lipinski definition) is 4. The van der Waals surface area contributed by atoms with Crippen LogP contribution in [-0.4, -0.2) is 23.1 Å². The van der Waals surface area contributed by atoms with Crippen LogP contribution in [0.15, 0.2) is 45.6 Å². The molecule has 4 nitrogen and oxygen atoms in total. The zero-order valence-electron chi connectivity index (χ0n) is 15.5. The molecule has 0 amide bonds. The smallest absolute Gasteiger partial charge is 0.344 e. The summed E-state index contributed by atoms with van der Waals surface area (Å²) in [5.41, 5.74) is 0.884. The lowest BCUT2D eigenvalue weighted by atomic mass is 9.96. The zero-order valence-corrected chi connectivity index (χ0v) is 15.5. The second kappa shape index (κ2) is 9.42. The van der Waals surface area contributed by atoms with Gasteiger partial charge in [-0.25, -0.2) is 4.79 Å². The number of aromatic hydroxyl groups is 1. The van der Waals surface area contributed by atoms with Crippen LogP contribution in [0, 0.1) is 6.92 Å². The van der Waals surface area contributed by atoms with E-state index in [1.54, 1.807) is 6.92 Å². The lowest BCUT2D eigenvalue weighted by Gasteiger charge is -2.32. The summed E-state index contributed by atoms with van der Waals surface area (Å²) in [6.07, 6.45) is 4.26. The maximum atomic E-state index is 12.6. The molecule has 0 aliphatic heterocycles. The summed E-state index contributed by atoms with van der Waals surface area (Å²) in [4.78, 5) is 14.9. The fourth-order valence-corrected chi connectivity index (χ4v) is 3.15. The maximum Gasteiger partial charge on any atom is 0.344 e. The van der Waals surface area contributed by atoms with Crippen molar-refractivity contribution in [2.24, 2.45) is 0 Å². The molecule has 1 aromatic heterocycles. The highest BCUT2D eigenvalue weighted by atomic mass is 16.4. The van der Waals surface area contributed by atoms with Crippen LogP contribution in [0.3, 0.4) is 0 Å². The van der Waals surface area contributed by atoms with Gasteiger partial charge in [0.05, 0.1) is 6.04 Å². The lowest BCUT2D eigenvalue weighted by molar-refractivity contribution is 0.210. The highest BCUT2D eigenvalue weighted by Gasteiger charge is 2.28. The molecule has 2 rings (SSSR count). The number of aryl methyl sites for hydroxylation is 1. The largest absolute Gasteiger partial charge is 0.507 e. The van der Waals surface area contributed by atoms with Gasteiger partial charge < -0.3 is 9.52 Å². The van der Waals surface area contributed by atoms with E-state index in [1.807, 2.05) is 30.3 Å². The quantitative estimate of drug-likeness (QED) is 0.720. The SMILES string of the molecule is CCCCN(CCCC)C(c1ccccc1)c1c(O)cc(C)oc1=O. The topological polar surface area (TPSA) is 53.7 Å². The fourth-order valence-electron chi connectivity index (χ4n) is 3.15. The number of benzene rings is 1. The molecule has 0 aliphatic rings. The summed E-state index contributed by atoms with van der Waals surface area (Å²) in [6, 6.07) is 11.1. The molecular formula is C21H29NO3. The van der Waals surface area contributed by atoms with Gasteiger partial charge in [-0.2, -0.15) is 0 Å². The first-order valence-electron chi connectivity index (χ1n) is 9.21. The molecule has 2 aromatic rings. The van der Waals surface area contributed by atoms with Crippen molar-refractivity contribution in [1.82, 2.24) is 4.90 Å². The van der Waals surface area contributed by atoms with Gasteiger partial charge in [0.15, 0.2) is 0 Å². The van der Waals surface area contributed by atoms with E-state index in [0.717, 1.165) is 44.3 Å². The van der Waals surface area contributed by atoms with E-state index in [1.165, 1.54) is 6.07 Å². The molecule has 136 valence electrons. The van der Waals surface area contributed by atoms with Crippen LogP contribution in [0.4, 0.5) is 0 Å². The van der Waals surface area contributed by atoms with Crippen LogP contribution in [0.2, 0.25) is 0 Å². The van der Waals surface area contributed by atoms with E-state index in [-0.39, 0.29) is 11.8 Å². The molecule has 4 heteroatoms. The molecule has 25 heavy (non-hydrogen) atoms. The molecular weight excluding hydrogens is 314 g/mol. The summed E-state index contributed by atoms with van der Waals surface area (Å²) in [5, 5.41) is 10.5. The molecule has 0 saturated heterocycles. The Hall–Kier alpha value is -2.07. The van der Waals surface area contributed by atoms with Gasteiger partial charge in [0.1, 0.15) is 17.1 Å². The van der Waals surface area contributed by atoms with E-state index in [0.29, 0.717) is 11.3 Å². The summed E-state index contributed by atoms with van der Waals surface area (Å²) < 4.78 is 5.31. The predicted octanol–water partition coefficient (Wildman–Crippen LogP) is 4.65. The van der Waals surface area contributed by atoms with Crippen molar-refractivity contribution in [2.75, 3.05) is 13.1 Å². The van der Waals surface area contributed by atoms with E-state index in [2.05, 4.69) is 18.7 Å². The second-order valence-corrected chi connectivity index (χ2v) is 6.50. The Morgan fingerprint density at radius 3 is 2.20 bits per heavy atom. The molecule has 0 spiro atoms. The monoisotopic (exact) mass is 343 g/mol. The Kier molecular flexibility index (Phi) is 7.26. The third-order valence-corrected chi connectivity index (χ3v) is 4.44. The Balaban J connectivity index is 2.54. The van der Waals surface area contributed by atoms with Gasteiger partial charge in [0, 0.05) is 6.07 Å². The Morgan fingerprint density at radius 1 is 1.08 bits per heavy atom. The number of unbranched alkanes of at least 4 members (excludes halogenated alkanes) is 2. The summed E-state index contributed by atoms with van der Waals surface area (Å²) in [7, 11) is 0. The first kappa shape index (κ1) is 19.3. The Labute approximate surface area is 150 Å². The predicted molar refractivity (Wildman–Crippen MR) is 101 cm³/mol. The number of rotatable bonds is 9. The summed E-state index contributed by atoms with van der Waals surface area (Å²) in [5.74, 6) is 0.437.